The summed E-state index contributed by atoms with van der Waals surface area (Å²) < 4.78 is 5.07. The molecule has 2 aromatic rings. The molecule has 0 saturated heterocycles. The fraction of sp³-hybridized carbons (Fsp3) is 0.294. The number of hydrogen-bond donors (Lipinski definition) is 1. The lowest BCUT2D eigenvalue weighted by molar-refractivity contribution is 0.0530. The van der Waals surface area contributed by atoms with Crippen molar-refractivity contribution in [2.45, 2.75) is 20.0 Å². The van der Waals surface area contributed by atoms with Crippen molar-refractivity contribution in [3.8, 4) is 6.07 Å². The monoisotopic (exact) mass is 397 g/mol. The largest absolute Gasteiger partial charge is 0.462 e. The number of thiophene rings is 1. The van der Waals surface area contributed by atoms with Crippen molar-refractivity contribution in [3.05, 3.63) is 49.8 Å². The van der Waals surface area contributed by atoms with Gasteiger partial charge >= 0.3 is 5.97 Å². The number of esters is 1. The number of carbonyl (C=O) groups is 1. The van der Waals surface area contributed by atoms with Gasteiger partial charge in [0, 0.05) is 18.7 Å². The molecular weight excluding hydrogens is 381 g/mol. The summed E-state index contributed by atoms with van der Waals surface area (Å²) in [6, 6.07) is 7.50. The minimum absolute atomic E-state index is 0.256. The van der Waals surface area contributed by atoms with E-state index in [2.05, 4.69) is 6.07 Å². The number of nitrogen functional groups attached to an aromatic ring is 1. The first-order valence-corrected chi connectivity index (χ1v) is 9.06. The van der Waals surface area contributed by atoms with Gasteiger partial charge in [0.05, 0.1) is 22.2 Å². The van der Waals surface area contributed by atoms with Crippen molar-refractivity contribution >= 4 is 45.5 Å². The number of carbonyl (C=O) groups excluding carboxylic acids is 1. The van der Waals surface area contributed by atoms with E-state index in [0.717, 1.165) is 16.9 Å². The highest BCUT2D eigenvalue weighted by molar-refractivity contribution is 7.18. The maximum absolute atomic E-state index is 12.2. The number of hydrogen-bond acceptors (Lipinski definition) is 6. The van der Waals surface area contributed by atoms with Crippen molar-refractivity contribution in [1.29, 1.82) is 5.26 Å². The molecule has 0 amide bonds. The Morgan fingerprint density at radius 3 is 2.76 bits per heavy atom. The molecule has 0 unspecified atom stereocenters. The van der Waals surface area contributed by atoms with Crippen molar-refractivity contribution in [3.63, 3.8) is 0 Å². The predicted octanol–water partition coefficient (Wildman–Crippen LogP) is 4.32. The Morgan fingerprint density at radius 1 is 1.40 bits per heavy atom. The first-order chi connectivity index (χ1) is 11.9. The Labute approximate surface area is 160 Å². The molecule has 0 spiro atoms. The Balaban J connectivity index is 2.28. The lowest BCUT2D eigenvalue weighted by Crippen LogP contribution is -2.19. The highest BCUT2D eigenvalue weighted by Crippen LogP contribution is 2.33. The maximum atomic E-state index is 12.2. The average molecular weight is 398 g/mol. The second-order valence-electron chi connectivity index (χ2n) is 5.37. The van der Waals surface area contributed by atoms with Crippen LogP contribution in [0.2, 0.25) is 10.0 Å². The molecule has 5 nitrogen and oxygen atoms in total. The van der Waals surface area contributed by atoms with Gasteiger partial charge in [0.2, 0.25) is 0 Å². The number of anilines is 1. The van der Waals surface area contributed by atoms with E-state index >= 15 is 0 Å². The number of ether oxygens (including phenoxy) is 1. The molecular formula is C17H17Cl2N3O2S. The van der Waals surface area contributed by atoms with Gasteiger partial charge in [-0.2, -0.15) is 5.26 Å². The second-order valence-corrected chi connectivity index (χ2v) is 7.20. The number of rotatable bonds is 6. The quantitative estimate of drug-likeness (QED) is 0.734. The van der Waals surface area contributed by atoms with Gasteiger partial charge in [0.1, 0.15) is 15.9 Å². The molecule has 1 aromatic carbocycles. The minimum atomic E-state index is -0.468. The minimum Gasteiger partial charge on any atom is -0.462 e. The topological polar surface area (TPSA) is 79.3 Å². The molecule has 132 valence electrons. The van der Waals surface area contributed by atoms with Gasteiger partial charge in [0.15, 0.2) is 0 Å². The van der Waals surface area contributed by atoms with Gasteiger partial charge in [-0.15, -0.1) is 11.3 Å². The van der Waals surface area contributed by atoms with E-state index in [-0.39, 0.29) is 6.61 Å². The summed E-state index contributed by atoms with van der Waals surface area (Å²) in [4.78, 5) is 14.4. The second kappa shape index (κ2) is 8.54. The summed E-state index contributed by atoms with van der Waals surface area (Å²) in [6.45, 7) is 2.84. The highest BCUT2D eigenvalue weighted by atomic mass is 35.5. The third-order valence-corrected chi connectivity index (χ3v) is 5.41. The molecule has 25 heavy (non-hydrogen) atoms. The fourth-order valence-electron chi connectivity index (χ4n) is 2.41. The van der Waals surface area contributed by atoms with Crippen LogP contribution in [-0.4, -0.2) is 24.5 Å². The molecule has 0 fully saturated rings. The van der Waals surface area contributed by atoms with Gasteiger partial charge in [-0.25, -0.2) is 4.79 Å². The third-order valence-electron chi connectivity index (χ3n) is 3.51. The fourth-order valence-corrected chi connectivity index (χ4v) is 3.71. The third kappa shape index (κ3) is 4.44. The molecule has 1 heterocycles. The molecule has 0 aliphatic heterocycles. The van der Waals surface area contributed by atoms with Crippen molar-refractivity contribution in [2.24, 2.45) is 0 Å². The number of nitrogens with zero attached hydrogens (tertiary/aromatic N) is 2. The molecule has 8 heteroatoms. The van der Waals surface area contributed by atoms with Crippen molar-refractivity contribution in [2.75, 3.05) is 19.4 Å². The Morgan fingerprint density at radius 2 is 2.12 bits per heavy atom. The molecule has 0 saturated carbocycles. The van der Waals surface area contributed by atoms with E-state index < -0.39 is 5.97 Å². The average Bonchev–Trinajstić information content (AvgIpc) is 2.87. The van der Waals surface area contributed by atoms with Crippen molar-refractivity contribution < 1.29 is 9.53 Å². The molecule has 2 N–H and O–H groups in total. The van der Waals surface area contributed by atoms with Crippen LogP contribution in [0.25, 0.3) is 0 Å². The zero-order valence-corrected chi connectivity index (χ0v) is 16.1. The Bertz CT molecular complexity index is 830. The standard InChI is InChI=1S/C17H17Cl2N3O2S/c1-3-24-17(23)15-12(11(7-20)16(21)25-15)9-22(2)8-10-5-4-6-13(18)14(10)19/h4-6H,3,8-9,21H2,1-2H3. The molecule has 0 bridgehead atoms. The summed E-state index contributed by atoms with van der Waals surface area (Å²) in [7, 11) is 1.86. The van der Waals surface area contributed by atoms with Crippen LogP contribution in [0.5, 0.6) is 0 Å². The maximum Gasteiger partial charge on any atom is 0.348 e. The lowest BCUT2D eigenvalue weighted by atomic mass is 10.1. The number of halogens is 2. The zero-order chi connectivity index (χ0) is 18.6. The van der Waals surface area contributed by atoms with Crippen LogP contribution in [0.15, 0.2) is 18.2 Å². The molecule has 0 radical (unpaired) electrons. The number of benzene rings is 1. The lowest BCUT2D eigenvalue weighted by Gasteiger charge is -2.18. The Hall–Kier alpha value is -1.78. The summed E-state index contributed by atoms with van der Waals surface area (Å²) in [5.41, 5.74) is 7.64. The number of nitrogens with two attached hydrogens (primary N) is 1. The summed E-state index contributed by atoms with van der Waals surface area (Å²) in [6.07, 6.45) is 0. The normalized spacial score (nSPS) is 10.7. The zero-order valence-electron chi connectivity index (χ0n) is 13.8. The molecule has 2 rings (SSSR count). The van der Waals surface area contributed by atoms with Crippen LogP contribution in [0.4, 0.5) is 5.00 Å². The van der Waals surface area contributed by atoms with Crippen LogP contribution < -0.4 is 5.73 Å². The molecule has 0 atom stereocenters. The van der Waals surface area contributed by atoms with Gasteiger partial charge < -0.3 is 10.5 Å². The number of nitriles is 1. The van der Waals surface area contributed by atoms with E-state index in [1.54, 1.807) is 13.0 Å². The van der Waals surface area contributed by atoms with Crippen LogP contribution in [0.3, 0.4) is 0 Å². The van der Waals surface area contributed by atoms with Gasteiger partial charge in [-0.1, -0.05) is 35.3 Å². The van der Waals surface area contributed by atoms with Crippen LogP contribution in [0.1, 0.15) is 33.3 Å². The van der Waals surface area contributed by atoms with Gasteiger partial charge in [0.25, 0.3) is 0 Å². The van der Waals surface area contributed by atoms with Crippen LogP contribution >= 0.6 is 34.5 Å². The SMILES string of the molecule is CCOC(=O)c1sc(N)c(C#N)c1CN(C)Cc1cccc(Cl)c1Cl. The van der Waals surface area contributed by atoms with Gasteiger partial charge in [-0.05, 0) is 25.6 Å². The Kier molecular flexibility index (Phi) is 6.68. The molecule has 1 aromatic heterocycles. The van der Waals surface area contributed by atoms with E-state index in [4.69, 9.17) is 33.7 Å². The van der Waals surface area contributed by atoms with E-state index in [1.165, 1.54) is 0 Å². The van der Waals surface area contributed by atoms with E-state index in [9.17, 15) is 10.1 Å². The first kappa shape index (κ1) is 19.5. The van der Waals surface area contributed by atoms with Crippen molar-refractivity contribution in [1.82, 2.24) is 4.90 Å². The summed E-state index contributed by atoms with van der Waals surface area (Å²) >= 11 is 13.3. The molecule has 0 aliphatic carbocycles. The van der Waals surface area contributed by atoms with E-state index in [0.29, 0.717) is 44.1 Å². The molecule has 0 aliphatic rings. The smallest absolute Gasteiger partial charge is 0.348 e. The summed E-state index contributed by atoms with van der Waals surface area (Å²) in [5.74, 6) is -0.468. The predicted molar refractivity (Wildman–Crippen MR) is 101 cm³/mol. The summed E-state index contributed by atoms with van der Waals surface area (Å²) in [5, 5.41) is 10.7. The highest BCUT2D eigenvalue weighted by Gasteiger charge is 2.23. The van der Waals surface area contributed by atoms with Crippen LogP contribution in [-0.2, 0) is 17.8 Å². The van der Waals surface area contributed by atoms with Gasteiger partial charge in [-0.3, -0.25) is 4.90 Å². The first-order valence-electron chi connectivity index (χ1n) is 7.48. The van der Waals surface area contributed by atoms with E-state index in [1.807, 2.05) is 24.1 Å². The van der Waals surface area contributed by atoms with Crippen LogP contribution in [0, 0.1) is 11.3 Å².